The van der Waals surface area contributed by atoms with E-state index in [4.69, 9.17) is 14.5 Å². The zero-order valence-electron chi connectivity index (χ0n) is 19.7. The molecule has 0 bridgehead atoms. The van der Waals surface area contributed by atoms with Crippen LogP contribution >= 0.6 is 0 Å². The number of aliphatic imine (C=N–C) groups is 1. The van der Waals surface area contributed by atoms with Gasteiger partial charge in [-0.05, 0) is 61.5 Å². The van der Waals surface area contributed by atoms with Gasteiger partial charge >= 0.3 is 6.18 Å². The number of hydrogen-bond donors (Lipinski definition) is 0. The molecule has 0 aromatic heterocycles. The van der Waals surface area contributed by atoms with Crippen molar-refractivity contribution in [3.8, 4) is 17.2 Å². The molecule has 5 rings (SSSR count). The van der Waals surface area contributed by atoms with Crippen molar-refractivity contribution in [2.24, 2.45) is 4.99 Å². The Bertz CT molecular complexity index is 1320. The van der Waals surface area contributed by atoms with E-state index in [1.54, 1.807) is 12.0 Å². The maximum atomic E-state index is 13.1. The van der Waals surface area contributed by atoms with Crippen LogP contribution in [-0.2, 0) is 6.18 Å². The summed E-state index contributed by atoms with van der Waals surface area (Å²) in [6, 6.07) is 17.2. The quantitative estimate of drug-likeness (QED) is 0.455. The minimum absolute atomic E-state index is 0.204. The number of alkyl halides is 3. The minimum Gasteiger partial charge on any atom is -0.497 e. The summed E-state index contributed by atoms with van der Waals surface area (Å²) in [6.07, 6.45) is -4.44. The van der Waals surface area contributed by atoms with Crippen LogP contribution in [0.5, 0.6) is 17.2 Å². The van der Waals surface area contributed by atoms with E-state index in [1.165, 1.54) is 12.1 Å². The Morgan fingerprint density at radius 3 is 2.47 bits per heavy atom. The van der Waals surface area contributed by atoms with Crippen molar-refractivity contribution in [3.05, 3.63) is 83.4 Å². The van der Waals surface area contributed by atoms with Crippen LogP contribution in [0.2, 0.25) is 0 Å². The highest BCUT2D eigenvalue weighted by Gasteiger charge is 2.33. The van der Waals surface area contributed by atoms with E-state index in [2.05, 4.69) is 4.90 Å². The van der Waals surface area contributed by atoms with Gasteiger partial charge in [-0.1, -0.05) is 12.1 Å². The molecule has 0 saturated carbocycles. The molecule has 36 heavy (non-hydrogen) atoms. The fraction of sp³-hybridized carbons (Fsp3) is 0.259. The lowest BCUT2D eigenvalue weighted by molar-refractivity contribution is -0.137. The number of fused-ring (bicyclic) bond motifs is 2. The summed E-state index contributed by atoms with van der Waals surface area (Å²) in [7, 11) is 1.60. The molecule has 0 radical (unpaired) electrons. The highest BCUT2D eigenvalue weighted by atomic mass is 19.4. The second-order valence-electron chi connectivity index (χ2n) is 8.74. The second-order valence-corrected chi connectivity index (χ2v) is 8.74. The maximum Gasteiger partial charge on any atom is 0.416 e. The third kappa shape index (κ3) is 4.48. The van der Waals surface area contributed by atoms with Crippen molar-refractivity contribution >= 4 is 17.4 Å². The summed E-state index contributed by atoms with van der Waals surface area (Å²) in [6.45, 7) is 3.29. The summed E-state index contributed by atoms with van der Waals surface area (Å²) >= 11 is 0. The van der Waals surface area contributed by atoms with Crippen LogP contribution in [0, 0.1) is 0 Å². The van der Waals surface area contributed by atoms with Gasteiger partial charge < -0.3 is 19.3 Å². The van der Waals surface area contributed by atoms with Crippen molar-refractivity contribution in [2.45, 2.75) is 19.1 Å². The van der Waals surface area contributed by atoms with Crippen molar-refractivity contribution < 1.29 is 27.4 Å². The molecule has 0 spiro atoms. The Morgan fingerprint density at radius 1 is 1.03 bits per heavy atom. The van der Waals surface area contributed by atoms with E-state index in [0.29, 0.717) is 48.4 Å². The number of rotatable bonds is 2. The van der Waals surface area contributed by atoms with Gasteiger partial charge in [-0.3, -0.25) is 4.79 Å². The van der Waals surface area contributed by atoms with E-state index in [9.17, 15) is 18.0 Å². The Balaban J connectivity index is 1.41. The molecule has 1 amide bonds. The molecule has 0 unspecified atom stereocenters. The van der Waals surface area contributed by atoms with Gasteiger partial charge in [-0.25, -0.2) is 4.99 Å². The lowest BCUT2D eigenvalue weighted by Gasteiger charge is -2.41. The molecule has 3 aromatic rings. The fourth-order valence-corrected chi connectivity index (χ4v) is 4.49. The molecule has 2 aliphatic heterocycles. The monoisotopic (exact) mass is 495 g/mol. The predicted molar refractivity (Wildman–Crippen MR) is 129 cm³/mol. The zero-order chi connectivity index (χ0) is 25.4. The third-order valence-electron chi connectivity index (χ3n) is 6.39. The Morgan fingerprint density at radius 2 is 1.78 bits per heavy atom. The molecular weight excluding hydrogens is 471 g/mol. The molecule has 1 atom stereocenters. The van der Waals surface area contributed by atoms with E-state index in [-0.39, 0.29) is 17.5 Å². The number of hydrogen-bond acceptors (Lipinski definition) is 5. The average molecular weight is 496 g/mol. The number of carbonyl (C=O) groups is 1. The smallest absolute Gasteiger partial charge is 0.416 e. The number of methoxy groups -OCH3 is 1. The molecule has 6 nitrogen and oxygen atoms in total. The highest BCUT2D eigenvalue weighted by molar-refractivity contribution is 6.04. The SMILES string of the molecule is COc1ccc2c(c1)C(N1CCN(C(=O)c3ccc(C(F)(F)F)cc3)[C@@H](C)C1)=Nc1ccccc1O2. The lowest BCUT2D eigenvalue weighted by Crippen LogP contribution is -2.55. The molecule has 186 valence electrons. The van der Waals surface area contributed by atoms with Crippen molar-refractivity contribution in [1.29, 1.82) is 0 Å². The average Bonchev–Trinajstić information content (AvgIpc) is 3.04. The Hall–Kier alpha value is -4.01. The number of halogens is 3. The van der Waals surface area contributed by atoms with Crippen molar-refractivity contribution in [1.82, 2.24) is 9.80 Å². The van der Waals surface area contributed by atoms with Crippen LogP contribution in [-0.4, -0.2) is 54.3 Å². The van der Waals surface area contributed by atoms with Crippen LogP contribution in [0.15, 0.2) is 71.7 Å². The van der Waals surface area contributed by atoms with Gasteiger partial charge in [-0.2, -0.15) is 13.2 Å². The van der Waals surface area contributed by atoms with Gasteiger partial charge in [0.1, 0.15) is 23.0 Å². The molecule has 2 heterocycles. The topological polar surface area (TPSA) is 54.4 Å². The van der Waals surface area contributed by atoms with Crippen LogP contribution in [0.4, 0.5) is 18.9 Å². The van der Waals surface area contributed by atoms with Crippen LogP contribution in [0.3, 0.4) is 0 Å². The number of nitrogens with zero attached hydrogens (tertiary/aromatic N) is 3. The Labute approximate surface area is 206 Å². The van der Waals surface area contributed by atoms with Gasteiger partial charge in [0.25, 0.3) is 5.91 Å². The molecular formula is C27H24F3N3O3. The van der Waals surface area contributed by atoms with E-state index >= 15 is 0 Å². The van der Waals surface area contributed by atoms with E-state index < -0.39 is 11.7 Å². The van der Waals surface area contributed by atoms with Gasteiger partial charge in [-0.15, -0.1) is 0 Å². The third-order valence-corrected chi connectivity index (χ3v) is 6.39. The second kappa shape index (κ2) is 9.22. The molecule has 1 fully saturated rings. The summed E-state index contributed by atoms with van der Waals surface area (Å²) < 4.78 is 50.3. The van der Waals surface area contributed by atoms with E-state index in [1.807, 2.05) is 49.4 Å². The molecule has 2 aliphatic rings. The van der Waals surface area contributed by atoms with E-state index in [0.717, 1.165) is 17.7 Å². The summed E-state index contributed by atoms with van der Waals surface area (Å²) in [5.41, 5.74) is 0.922. The zero-order valence-corrected chi connectivity index (χ0v) is 19.7. The lowest BCUT2D eigenvalue weighted by atomic mass is 10.1. The van der Waals surface area contributed by atoms with Crippen LogP contribution in [0.25, 0.3) is 0 Å². The number of piperazine rings is 1. The highest BCUT2D eigenvalue weighted by Crippen LogP contribution is 2.39. The molecule has 9 heteroatoms. The molecule has 3 aromatic carbocycles. The standard InChI is InChI=1S/C27H24F3N3O3/c1-17-16-32(13-14-33(17)26(34)18-7-9-19(10-8-18)27(28,29)30)25-21-15-20(35-2)11-12-23(21)36-24-6-4-3-5-22(24)31-25/h3-12,15,17H,13-14,16H2,1-2H3/t17-/m0/s1. The van der Waals surface area contributed by atoms with Gasteiger partial charge in [0.2, 0.25) is 0 Å². The number of ether oxygens (including phenoxy) is 2. The van der Waals surface area contributed by atoms with Crippen LogP contribution in [0.1, 0.15) is 28.4 Å². The summed E-state index contributed by atoms with van der Waals surface area (Å²) in [4.78, 5) is 21.8. The molecule has 1 saturated heterocycles. The molecule has 0 aliphatic carbocycles. The van der Waals surface area contributed by atoms with Crippen LogP contribution < -0.4 is 9.47 Å². The number of carbonyl (C=O) groups excluding carboxylic acids is 1. The number of benzene rings is 3. The van der Waals surface area contributed by atoms with Gasteiger partial charge in [0, 0.05) is 31.2 Å². The first-order chi connectivity index (χ1) is 17.2. The van der Waals surface area contributed by atoms with Gasteiger partial charge in [0.15, 0.2) is 5.75 Å². The fourth-order valence-electron chi connectivity index (χ4n) is 4.49. The van der Waals surface area contributed by atoms with Gasteiger partial charge in [0.05, 0.1) is 18.2 Å². The number of para-hydroxylation sites is 2. The first-order valence-electron chi connectivity index (χ1n) is 11.5. The first-order valence-corrected chi connectivity index (χ1v) is 11.5. The summed E-state index contributed by atoms with van der Waals surface area (Å²) in [5.74, 6) is 2.37. The predicted octanol–water partition coefficient (Wildman–Crippen LogP) is 5.74. The largest absolute Gasteiger partial charge is 0.497 e. The van der Waals surface area contributed by atoms with Crippen molar-refractivity contribution in [3.63, 3.8) is 0 Å². The number of amides is 1. The van der Waals surface area contributed by atoms with Crippen molar-refractivity contribution in [2.75, 3.05) is 26.7 Å². The first kappa shape index (κ1) is 23.7. The maximum absolute atomic E-state index is 13.1. The normalized spacial score (nSPS) is 17.4. The Kier molecular flexibility index (Phi) is 6.07. The summed E-state index contributed by atoms with van der Waals surface area (Å²) in [5, 5.41) is 0. The number of amidine groups is 1. The minimum atomic E-state index is -4.44. The molecule has 0 N–H and O–H groups in total.